The Morgan fingerprint density at radius 1 is 1.32 bits per heavy atom. The number of ether oxygens (including phenoxy) is 1. The quantitative estimate of drug-likeness (QED) is 0.794. The highest BCUT2D eigenvalue weighted by Gasteiger charge is 2.33. The van der Waals surface area contributed by atoms with Crippen molar-refractivity contribution >= 4 is 0 Å². The van der Waals surface area contributed by atoms with Crippen molar-refractivity contribution < 1.29 is 9.84 Å². The lowest BCUT2D eigenvalue weighted by Gasteiger charge is -2.37. The van der Waals surface area contributed by atoms with Gasteiger partial charge in [0, 0.05) is 12.6 Å². The summed E-state index contributed by atoms with van der Waals surface area (Å²) in [7, 11) is 1.69. The molecular formula is C16H25NO2. The summed E-state index contributed by atoms with van der Waals surface area (Å²) in [5, 5.41) is 13.5. The second-order valence-corrected chi connectivity index (χ2v) is 5.75. The Labute approximate surface area is 116 Å². The van der Waals surface area contributed by atoms with Crippen molar-refractivity contribution in [2.24, 2.45) is 0 Å². The Kier molecular flexibility index (Phi) is 4.83. The van der Waals surface area contributed by atoms with Gasteiger partial charge in [-0.05, 0) is 56.7 Å². The smallest absolute Gasteiger partial charge is 0.118 e. The highest BCUT2D eigenvalue weighted by Crippen LogP contribution is 2.30. The highest BCUT2D eigenvalue weighted by atomic mass is 16.5. The molecule has 3 nitrogen and oxygen atoms in total. The number of benzene rings is 1. The van der Waals surface area contributed by atoms with E-state index in [1.807, 2.05) is 12.1 Å². The maximum absolute atomic E-state index is 10.0. The summed E-state index contributed by atoms with van der Waals surface area (Å²) < 4.78 is 5.15. The number of hydrogen-bond donors (Lipinski definition) is 2. The Morgan fingerprint density at radius 3 is 2.53 bits per heavy atom. The molecule has 3 heteroatoms. The van der Waals surface area contributed by atoms with Crippen LogP contribution in [0.2, 0.25) is 0 Å². The van der Waals surface area contributed by atoms with Crippen LogP contribution in [0.4, 0.5) is 0 Å². The van der Waals surface area contributed by atoms with Gasteiger partial charge in [0.15, 0.2) is 0 Å². The van der Waals surface area contributed by atoms with Crippen LogP contribution >= 0.6 is 0 Å². The zero-order chi connectivity index (χ0) is 13.7. The molecule has 1 fully saturated rings. The van der Waals surface area contributed by atoms with Gasteiger partial charge in [-0.25, -0.2) is 0 Å². The molecule has 1 aliphatic rings. The lowest BCUT2D eigenvalue weighted by atomic mass is 9.80. The van der Waals surface area contributed by atoms with Gasteiger partial charge in [-0.3, -0.25) is 0 Å². The van der Waals surface area contributed by atoms with Crippen molar-refractivity contribution in [3.63, 3.8) is 0 Å². The Morgan fingerprint density at radius 2 is 2.00 bits per heavy atom. The topological polar surface area (TPSA) is 41.5 Å². The van der Waals surface area contributed by atoms with E-state index in [4.69, 9.17) is 4.74 Å². The molecule has 0 saturated heterocycles. The molecule has 1 aromatic carbocycles. The van der Waals surface area contributed by atoms with Crippen molar-refractivity contribution in [3.05, 3.63) is 29.8 Å². The minimum Gasteiger partial charge on any atom is -0.497 e. The first-order chi connectivity index (χ1) is 9.11. The first-order valence-electron chi connectivity index (χ1n) is 7.20. The Balaban J connectivity index is 1.68. The fraction of sp³-hybridized carbons (Fsp3) is 0.625. The molecular weight excluding hydrogens is 238 g/mol. The van der Waals surface area contributed by atoms with Gasteiger partial charge in [0.05, 0.1) is 12.7 Å². The predicted octanol–water partition coefficient (Wildman–Crippen LogP) is 2.52. The summed E-state index contributed by atoms with van der Waals surface area (Å²) >= 11 is 0. The number of rotatable bonds is 7. The van der Waals surface area contributed by atoms with Gasteiger partial charge < -0.3 is 15.2 Å². The number of hydrogen-bond acceptors (Lipinski definition) is 3. The van der Waals surface area contributed by atoms with E-state index >= 15 is 0 Å². The summed E-state index contributed by atoms with van der Waals surface area (Å²) in [5.41, 5.74) is 0.908. The number of methoxy groups -OCH3 is 1. The van der Waals surface area contributed by atoms with Crippen LogP contribution in [-0.2, 0) is 6.42 Å². The fourth-order valence-electron chi connectivity index (χ4n) is 2.40. The first kappa shape index (κ1) is 14.4. The summed E-state index contributed by atoms with van der Waals surface area (Å²) in [6.45, 7) is 2.92. The van der Waals surface area contributed by atoms with Gasteiger partial charge in [0.25, 0.3) is 0 Å². The molecule has 1 aromatic rings. The molecule has 0 aromatic heterocycles. The molecule has 0 spiro atoms. The van der Waals surface area contributed by atoms with Crippen molar-refractivity contribution in [2.45, 2.75) is 50.7 Å². The average Bonchev–Trinajstić information content (AvgIpc) is 2.41. The van der Waals surface area contributed by atoms with Crippen molar-refractivity contribution in [1.82, 2.24) is 5.32 Å². The third-order valence-electron chi connectivity index (χ3n) is 4.09. The fourth-order valence-corrected chi connectivity index (χ4v) is 2.40. The second kappa shape index (κ2) is 6.40. The molecule has 1 atom stereocenters. The van der Waals surface area contributed by atoms with Crippen LogP contribution in [0, 0.1) is 0 Å². The highest BCUT2D eigenvalue weighted by molar-refractivity contribution is 5.27. The maximum atomic E-state index is 10.0. The van der Waals surface area contributed by atoms with Gasteiger partial charge in [-0.2, -0.15) is 0 Å². The van der Waals surface area contributed by atoms with E-state index in [0.29, 0.717) is 6.04 Å². The molecule has 2 rings (SSSR count). The second-order valence-electron chi connectivity index (χ2n) is 5.75. The van der Waals surface area contributed by atoms with E-state index in [2.05, 4.69) is 24.4 Å². The minimum absolute atomic E-state index is 0.422. The summed E-state index contributed by atoms with van der Waals surface area (Å²) in [5.74, 6) is 0.905. The van der Waals surface area contributed by atoms with Crippen LogP contribution in [0.5, 0.6) is 5.75 Å². The first-order valence-corrected chi connectivity index (χ1v) is 7.20. The van der Waals surface area contributed by atoms with Crippen LogP contribution in [-0.4, -0.2) is 30.4 Å². The van der Waals surface area contributed by atoms with Crippen LogP contribution in [0.25, 0.3) is 0 Å². The predicted molar refractivity (Wildman–Crippen MR) is 77.6 cm³/mol. The summed E-state index contributed by atoms with van der Waals surface area (Å²) in [4.78, 5) is 0. The summed E-state index contributed by atoms with van der Waals surface area (Å²) in [6, 6.07) is 8.68. The van der Waals surface area contributed by atoms with Crippen molar-refractivity contribution in [1.29, 1.82) is 0 Å². The van der Waals surface area contributed by atoms with Crippen molar-refractivity contribution in [3.8, 4) is 5.75 Å². The molecule has 0 bridgehead atoms. The normalized spacial score (nSPS) is 18.7. The van der Waals surface area contributed by atoms with E-state index in [1.165, 1.54) is 12.0 Å². The van der Waals surface area contributed by atoms with E-state index in [1.54, 1.807) is 7.11 Å². The maximum Gasteiger partial charge on any atom is 0.118 e. The molecule has 1 aliphatic carbocycles. The number of nitrogens with one attached hydrogen (secondary N) is 1. The molecule has 0 heterocycles. The molecule has 1 unspecified atom stereocenters. The lowest BCUT2D eigenvalue weighted by molar-refractivity contribution is -0.0330. The zero-order valence-electron chi connectivity index (χ0n) is 12.0. The molecule has 19 heavy (non-hydrogen) atoms. The van der Waals surface area contributed by atoms with E-state index in [9.17, 15) is 5.11 Å². The van der Waals surface area contributed by atoms with E-state index in [0.717, 1.165) is 38.0 Å². The third-order valence-corrected chi connectivity index (χ3v) is 4.09. The average molecular weight is 263 g/mol. The van der Waals surface area contributed by atoms with Crippen LogP contribution in [0.15, 0.2) is 24.3 Å². The number of aryl methyl sites for hydroxylation is 1. The van der Waals surface area contributed by atoms with Crippen molar-refractivity contribution in [2.75, 3.05) is 13.7 Å². The van der Waals surface area contributed by atoms with E-state index < -0.39 is 5.60 Å². The largest absolute Gasteiger partial charge is 0.497 e. The lowest BCUT2D eigenvalue weighted by Crippen LogP contribution is -2.48. The van der Waals surface area contributed by atoms with Gasteiger partial charge >= 0.3 is 0 Å². The van der Waals surface area contributed by atoms with E-state index in [-0.39, 0.29) is 0 Å². The monoisotopic (exact) mass is 263 g/mol. The molecule has 106 valence electrons. The molecule has 1 saturated carbocycles. The minimum atomic E-state index is -0.422. The molecule has 0 amide bonds. The van der Waals surface area contributed by atoms with Gasteiger partial charge in [-0.15, -0.1) is 0 Å². The van der Waals surface area contributed by atoms with Gasteiger partial charge in [0.1, 0.15) is 5.75 Å². The SMILES string of the molecule is COc1ccc(CCC(C)NCC2(O)CCC2)cc1. The third kappa shape index (κ3) is 4.22. The van der Waals surface area contributed by atoms with Gasteiger partial charge in [0.2, 0.25) is 0 Å². The number of aliphatic hydroxyl groups is 1. The molecule has 0 aliphatic heterocycles. The molecule has 2 N–H and O–H groups in total. The Hall–Kier alpha value is -1.06. The van der Waals surface area contributed by atoms with Gasteiger partial charge in [-0.1, -0.05) is 12.1 Å². The van der Waals surface area contributed by atoms with Crippen LogP contribution in [0.3, 0.4) is 0 Å². The standard InChI is InChI=1S/C16H25NO2/c1-13(17-12-16(18)10-3-11-16)4-5-14-6-8-15(19-2)9-7-14/h6-9,13,17-18H,3-5,10-12H2,1-2H3. The van der Waals surface area contributed by atoms with Crippen LogP contribution in [0.1, 0.15) is 38.2 Å². The van der Waals surface area contributed by atoms with Crippen LogP contribution < -0.4 is 10.1 Å². The summed E-state index contributed by atoms with van der Waals surface area (Å²) in [6.07, 6.45) is 5.20. The Bertz CT molecular complexity index is 384. The molecule has 0 radical (unpaired) electrons. The zero-order valence-corrected chi connectivity index (χ0v) is 12.0.